The summed E-state index contributed by atoms with van der Waals surface area (Å²) < 4.78 is 5.34. The normalized spacial score (nSPS) is 10.5. The number of ether oxygens (including phenoxy) is 1. The van der Waals surface area contributed by atoms with Gasteiger partial charge in [0.15, 0.2) is 11.6 Å². The first-order valence-electron chi connectivity index (χ1n) is 7.41. The van der Waals surface area contributed by atoms with Crippen molar-refractivity contribution in [2.75, 3.05) is 11.9 Å². The van der Waals surface area contributed by atoms with Gasteiger partial charge in [-0.3, -0.25) is 9.59 Å². The van der Waals surface area contributed by atoms with Gasteiger partial charge in [0.05, 0.1) is 6.61 Å². The van der Waals surface area contributed by atoms with Crippen LogP contribution in [-0.2, 0) is 0 Å². The maximum absolute atomic E-state index is 12.0. The smallest absolute Gasteiger partial charge is 0.187 e. The molecule has 0 aromatic heterocycles. The lowest BCUT2D eigenvalue weighted by Gasteiger charge is -2.03. The SMILES string of the molecule is CCOc1ccc(C(=O)/C=C\Nc2ccc(C(C)=O)cc2)cc1. The summed E-state index contributed by atoms with van der Waals surface area (Å²) in [5.41, 5.74) is 2.06. The predicted molar refractivity (Wildman–Crippen MR) is 91.2 cm³/mol. The van der Waals surface area contributed by atoms with E-state index < -0.39 is 0 Å². The summed E-state index contributed by atoms with van der Waals surface area (Å²) in [6.45, 7) is 4.04. The molecule has 1 N–H and O–H groups in total. The van der Waals surface area contributed by atoms with Crippen molar-refractivity contribution in [1.29, 1.82) is 0 Å². The van der Waals surface area contributed by atoms with Crippen molar-refractivity contribution in [2.45, 2.75) is 13.8 Å². The van der Waals surface area contributed by atoms with Gasteiger partial charge >= 0.3 is 0 Å². The highest BCUT2D eigenvalue weighted by molar-refractivity contribution is 6.04. The van der Waals surface area contributed by atoms with Gasteiger partial charge in [0, 0.05) is 29.1 Å². The van der Waals surface area contributed by atoms with Gasteiger partial charge in [-0.25, -0.2) is 0 Å². The lowest BCUT2D eigenvalue weighted by atomic mass is 10.1. The number of benzene rings is 2. The van der Waals surface area contributed by atoms with Crippen LogP contribution in [0.3, 0.4) is 0 Å². The summed E-state index contributed by atoms with van der Waals surface area (Å²) in [4.78, 5) is 23.2. The summed E-state index contributed by atoms with van der Waals surface area (Å²) in [5.74, 6) is 0.676. The molecule has 0 aliphatic carbocycles. The standard InChI is InChI=1S/C19H19NO3/c1-3-23-18-10-6-16(7-11-18)19(22)12-13-20-17-8-4-15(5-9-17)14(2)21/h4-13,20H,3H2,1-2H3/b13-12-. The Balaban J connectivity index is 1.94. The molecule has 2 rings (SSSR count). The first-order valence-corrected chi connectivity index (χ1v) is 7.41. The third-order valence-electron chi connectivity index (χ3n) is 3.23. The second kappa shape index (κ2) is 7.94. The molecule has 0 bridgehead atoms. The predicted octanol–water partition coefficient (Wildman–Crippen LogP) is 4.10. The van der Waals surface area contributed by atoms with Gasteiger partial charge in [-0.1, -0.05) is 0 Å². The maximum atomic E-state index is 12.0. The number of nitrogens with one attached hydrogen (secondary N) is 1. The maximum Gasteiger partial charge on any atom is 0.187 e. The van der Waals surface area contributed by atoms with Crippen LogP contribution in [0.1, 0.15) is 34.6 Å². The average molecular weight is 309 g/mol. The van der Waals surface area contributed by atoms with Gasteiger partial charge in [-0.05, 0) is 62.4 Å². The third kappa shape index (κ3) is 4.81. The molecule has 0 unspecified atom stereocenters. The average Bonchev–Trinajstić information content (AvgIpc) is 2.56. The van der Waals surface area contributed by atoms with E-state index in [1.54, 1.807) is 54.7 Å². The van der Waals surface area contributed by atoms with Crippen LogP contribution in [0.5, 0.6) is 5.75 Å². The second-order valence-corrected chi connectivity index (χ2v) is 4.93. The molecule has 118 valence electrons. The van der Waals surface area contributed by atoms with Crippen LogP contribution < -0.4 is 10.1 Å². The molecule has 0 atom stereocenters. The molecule has 0 fully saturated rings. The van der Waals surface area contributed by atoms with Gasteiger partial charge in [-0.15, -0.1) is 0 Å². The topological polar surface area (TPSA) is 55.4 Å². The molecule has 0 heterocycles. The Morgan fingerprint density at radius 2 is 1.61 bits per heavy atom. The number of hydrogen-bond acceptors (Lipinski definition) is 4. The number of ketones is 2. The summed E-state index contributed by atoms with van der Waals surface area (Å²) in [5, 5.41) is 3.01. The molecule has 2 aromatic carbocycles. The highest BCUT2D eigenvalue weighted by atomic mass is 16.5. The highest BCUT2D eigenvalue weighted by Gasteiger charge is 2.02. The number of anilines is 1. The minimum Gasteiger partial charge on any atom is -0.494 e. The highest BCUT2D eigenvalue weighted by Crippen LogP contribution is 2.13. The largest absolute Gasteiger partial charge is 0.494 e. The monoisotopic (exact) mass is 309 g/mol. The Hall–Kier alpha value is -2.88. The molecule has 0 saturated carbocycles. The minimum atomic E-state index is -0.0964. The number of carbonyl (C=O) groups excluding carboxylic acids is 2. The molecule has 0 aliphatic heterocycles. The third-order valence-corrected chi connectivity index (χ3v) is 3.23. The molecule has 0 radical (unpaired) electrons. The van der Waals surface area contributed by atoms with Crippen LogP contribution in [-0.4, -0.2) is 18.2 Å². The van der Waals surface area contributed by atoms with Gasteiger partial charge in [0.2, 0.25) is 0 Å². The van der Waals surface area contributed by atoms with E-state index in [4.69, 9.17) is 4.74 Å². The van der Waals surface area contributed by atoms with Crippen molar-refractivity contribution >= 4 is 17.3 Å². The van der Waals surface area contributed by atoms with Crippen molar-refractivity contribution in [2.24, 2.45) is 0 Å². The Kier molecular flexibility index (Phi) is 5.69. The Bertz CT molecular complexity index is 700. The summed E-state index contributed by atoms with van der Waals surface area (Å²) >= 11 is 0. The van der Waals surface area contributed by atoms with Crippen LogP contribution in [0.25, 0.3) is 0 Å². The minimum absolute atomic E-state index is 0.0257. The molecule has 2 aromatic rings. The van der Waals surface area contributed by atoms with Crippen molar-refractivity contribution in [1.82, 2.24) is 0 Å². The van der Waals surface area contributed by atoms with E-state index in [1.165, 1.54) is 13.0 Å². The molecule has 4 nitrogen and oxygen atoms in total. The molecule has 0 amide bonds. The number of allylic oxidation sites excluding steroid dienone is 1. The molecule has 0 saturated heterocycles. The fourth-order valence-corrected chi connectivity index (χ4v) is 1.99. The van der Waals surface area contributed by atoms with E-state index in [9.17, 15) is 9.59 Å². The van der Waals surface area contributed by atoms with Gasteiger partial charge in [-0.2, -0.15) is 0 Å². The van der Waals surface area contributed by atoms with E-state index >= 15 is 0 Å². The summed E-state index contributed by atoms with van der Waals surface area (Å²) in [7, 11) is 0. The van der Waals surface area contributed by atoms with E-state index in [1.807, 2.05) is 6.92 Å². The van der Waals surface area contributed by atoms with Crippen LogP contribution in [0.15, 0.2) is 60.8 Å². The van der Waals surface area contributed by atoms with Crippen LogP contribution >= 0.6 is 0 Å². The Morgan fingerprint density at radius 3 is 2.17 bits per heavy atom. The molecular weight excluding hydrogens is 290 g/mol. The van der Waals surface area contributed by atoms with Gasteiger partial charge in [0.25, 0.3) is 0 Å². The van der Waals surface area contributed by atoms with E-state index in [0.29, 0.717) is 17.7 Å². The Morgan fingerprint density at radius 1 is 1.00 bits per heavy atom. The molecule has 23 heavy (non-hydrogen) atoms. The quantitative estimate of drug-likeness (QED) is 0.618. The van der Waals surface area contributed by atoms with Crippen molar-refractivity contribution in [3.63, 3.8) is 0 Å². The fourth-order valence-electron chi connectivity index (χ4n) is 1.99. The van der Waals surface area contributed by atoms with E-state index in [-0.39, 0.29) is 11.6 Å². The molecule has 0 spiro atoms. The zero-order valence-electron chi connectivity index (χ0n) is 13.2. The zero-order valence-corrected chi connectivity index (χ0v) is 13.2. The summed E-state index contributed by atoms with van der Waals surface area (Å²) in [6.07, 6.45) is 3.05. The second-order valence-electron chi connectivity index (χ2n) is 4.93. The zero-order chi connectivity index (χ0) is 16.7. The molecular formula is C19H19NO3. The number of hydrogen-bond donors (Lipinski definition) is 1. The lowest BCUT2D eigenvalue weighted by molar-refractivity contribution is 0.101. The van der Waals surface area contributed by atoms with Crippen molar-refractivity contribution in [3.8, 4) is 5.75 Å². The van der Waals surface area contributed by atoms with Crippen LogP contribution in [0, 0.1) is 0 Å². The van der Waals surface area contributed by atoms with Crippen LogP contribution in [0.4, 0.5) is 5.69 Å². The number of Topliss-reactive ketones (excluding diaryl/α,β-unsaturated/α-hetero) is 1. The van der Waals surface area contributed by atoms with Crippen molar-refractivity contribution in [3.05, 3.63) is 71.9 Å². The number of carbonyl (C=O) groups is 2. The first-order chi connectivity index (χ1) is 11.1. The lowest BCUT2D eigenvalue weighted by Crippen LogP contribution is -1.97. The van der Waals surface area contributed by atoms with Crippen molar-refractivity contribution < 1.29 is 14.3 Å². The fraction of sp³-hybridized carbons (Fsp3) is 0.158. The van der Waals surface area contributed by atoms with E-state index in [2.05, 4.69) is 5.32 Å². The summed E-state index contributed by atoms with van der Waals surface area (Å²) in [6, 6.07) is 14.1. The molecule has 4 heteroatoms. The van der Waals surface area contributed by atoms with E-state index in [0.717, 1.165) is 11.4 Å². The number of rotatable bonds is 7. The van der Waals surface area contributed by atoms with Gasteiger partial charge < -0.3 is 10.1 Å². The Labute approximate surface area is 135 Å². The van der Waals surface area contributed by atoms with Gasteiger partial charge in [0.1, 0.15) is 5.75 Å². The molecule has 0 aliphatic rings. The van der Waals surface area contributed by atoms with Crippen LogP contribution in [0.2, 0.25) is 0 Å². The first kappa shape index (κ1) is 16.5.